The second kappa shape index (κ2) is 9.88. The van der Waals surface area contributed by atoms with Gasteiger partial charge in [-0.05, 0) is 55.8 Å². The number of aryl methyl sites for hydroxylation is 1. The highest BCUT2D eigenvalue weighted by molar-refractivity contribution is 5.74. The lowest BCUT2D eigenvalue weighted by molar-refractivity contribution is 0.191. The van der Waals surface area contributed by atoms with E-state index >= 15 is 0 Å². The molecule has 6 nitrogen and oxygen atoms in total. The first-order valence-corrected chi connectivity index (χ1v) is 9.86. The van der Waals surface area contributed by atoms with Crippen LogP contribution in [0.1, 0.15) is 12.5 Å². The molecule has 1 fully saturated rings. The van der Waals surface area contributed by atoms with Crippen molar-refractivity contribution < 1.29 is 14.3 Å². The Morgan fingerprint density at radius 2 is 1.68 bits per heavy atom. The van der Waals surface area contributed by atoms with Gasteiger partial charge in [-0.1, -0.05) is 12.1 Å². The molecule has 2 aromatic rings. The zero-order valence-corrected chi connectivity index (χ0v) is 16.7. The quantitative estimate of drug-likeness (QED) is 0.746. The molecule has 6 heteroatoms. The average molecular weight is 383 g/mol. The van der Waals surface area contributed by atoms with E-state index in [1.807, 2.05) is 36.1 Å². The van der Waals surface area contributed by atoms with E-state index in [0.29, 0.717) is 19.8 Å². The maximum Gasteiger partial charge on any atom is 0.317 e. The van der Waals surface area contributed by atoms with Crippen LogP contribution < -0.4 is 19.7 Å². The monoisotopic (exact) mass is 383 g/mol. The summed E-state index contributed by atoms with van der Waals surface area (Å²) in [6.45, 7) is 8.74. The third kappa shape index (κ3) is 5.55. The molecule has 1 saturated heterocycles. The Bertz CT molecular complexity index is 756. The fraction of sp³-hybridized carbons (Fsp3) is 0.409. The van der Waals surface area contributed by atoms with Crippen molar-refractivity contribution in [2.24, 2.45) is 0 Å². The van der Waals surface area contributed by atoms with E-state index in [0.717, 1.165) is 37.7 Å². The topological polar surface area (TPSA) is 54.0 Å². The molecule has 1 aliphatic heterocycles. The number of rotatable bonds is 7. The lowest BCUT2D eigenvalue weighted by Gasteiger charge is -2.36. The minimum atomic E-state index is -0.0285. The third-order valence-corrected chi connectivity index (χ3v) is 4.72. The number of benzene rings is 2. The molecule has 0 atom stereocenters. The van der Waals surface area contributed by atoms with E-state index in [1.54, 1.807) is 0 Å². The SMILES string of the molecule is CCOc1ccc(OCCNC(=O)N2CCN(c3cccc(C)c3)CC2)cc1. The smallest absolute Gasteiger partial charge is 0.317 e. The van der Waals surface area contributed by atoms with Gasteiger partial charge in [0.2, 0.25) is 0 Å². The molecule has 2 amide bonds. The van der Waals surface area contributed by atoms with Crippen LogP contribution in [0.15, 0.2) is 48.5 Å². The van der Waals surface area contributed by atoms with Crippen LogP contribution in [0, 0.1) is 6.92 Å². The van der Waals surface area contributed by atoms with E-state index in [1.165, 1.54) is 11.3 Å². The average Bonchev–Trinajstić information content (AvgIpc) is 2.72. The number of hydrogen-bond acceptors (Lipinski definition) is 4. The van der Waals surface area contributed by atoms with Gasteiger partial charge in [-0.3, -0.25) is 0 Å². The second-order valence-electron chi connectivity index (χ2n) is 6.80. The summed E-state index contributed by atoms with van der Waals surface area (Å²) in [6, 6.07) is 16.0. The van der Waals surface area contributed by atoms with E-state index < -0.39 is 0 Å². The summed E-state index contributed by atoms with van der Waals surface area (Å²) in [5.74, 6) is 1.59. The molecule has 1 N–H and O–H groups in total. The van der Waals surface area contributed by atoms with Crippen LogP contribution in [-0.2, 0) is 0 Å². The minimum Gasteiger partial charge on any atom is -0.494 e. The van der Waals surface area contributed by atoms with Gasteiger partial charge in [0.1, 0.15) is 18.1 Å². The summed E-state index contributed by atoms with van der Waals surface area (Å²) >= 11 is 0. The van der Waals surface area contributed by atoms with Gasteiger partial charge in [0.25, 0.3) is 0 Å². The predicted octanol–water partition coefficient (Wildman–Crippen LogP) is 3.30. The summed E-state index contributed by atoms with van der Waals surface area (Å²) in [5, 5.41) is 2.94. The van der Waals surface area contributed by atoms with Crippen molar-refractivity contribution in [2.45, 2.75) is 13.8 Å². The Morgan fingerprint density at radius 3 is 2.32 bits per heavy atom. The van der Waals surface area contributed by atoms with Crippen LogP contribution >= 0.6 is 0 Å². The molecule has 2 aromatic carbocycles. The van der Waals surface area contributed by atoms with Gasteiger partial charge in [-0.15, -0.1) is 0 Å². The van der Waals surface area contributed by atoms with Crippen LogP contribution in [0.4, 0.5) is 10.5 Å². The van der Waals surface area contributed by atoms with Gasteiger partial charge in [0, 0.05) is 31.9 Å². The molecular formula is C22H29N3O3. The first-order valence-electron chi connectivity index (χ1n) is 9.86. The number of carbonyl (C=O) groups is 1. The van der Waals surface area contributed by atoms with Crippen molar-refractivity contribution in [2.75, 3.05) is 50.8 Å². The maximum absolute atomic E-state index is 12.3. The molecule has 150 valence electrons. The number of ether oxygens (including phenoxy) is 2. The molecule has 0 aromatic heterocycles. The summed E-state index contributed by atoms with van der Waals surface area (Å²) in [4.78, 5) is 16.5. The van der Waals surface area contributed by atoms with E-state index in [2.05, 4.69) is 41.4 Å². The molecule has 0 radical (unpaired) electrons. The number of nitrogens with zero attached hydrogens (tertiary/aromatic N) is 2. The lowest BCUT2D eigenvalue weighted by Crippen LogP contribution is -2.52. The number of hydrogen-bond donors (Lipinski definition) is 1. The van der Waals surface area contributed by atoms with Crippen LogP contribution in [0.3, 0.4) is 0 Å². The number of urea groups is 1. The highest BCUT2D eigenvalue weighted by Crippen LogP contribution is 2.18. The molecule has 0 spiro atoms. The van der Waals surface area contributed by atoms with Crippen molar-refractivity contribution in [3.8, 4) is 11.5 Å². The number of nitrogens with one attached hydrogen (secondary N) is 1. The Hall–Kier alpha value is -2.89. The number of carbonyl (C=O) groups excluding carboxylic acids is 1. The maximum atomic E-state index is 12.3. The van der Waals surface area contributed by atoms with Crippen molar-refractivity contribution in [1.29, 1.82) is 0 Å². The summed E-state index contributed by atoms with van der Waals surface area (Å²) in [6.07, 6.45) is 0. The molecule has 1 heterocycles. The first-order chi connectivity index (χ1) is 13.7. The van der Waals surface area contributed by atoms with E-state index in [4.69, 9.17) is 9.47 Å². The summed E-state index contributed by atoms with van der Waals surface area (Å²) < 4.78 is 11.1. The Balaban J connectivity index is 1.35. The Kier molecular flexibility index (Phi) is 7.00. The van der Waals surface area contributed by atoms with Gasteiger partial charge in [-0.2, -0.15) is 0 Å². The fourth-order valence-electron chi connectivity index (χ4n) is 3.23. The molecule has 0 saturated carbocycles. The zero-order valence-electron chi connectivity index (χ0n) is 16.7. The number of amides is 2. The Morgan fingerprint density at radius 1 is 1.00 bits per heavy atom. The van der Waals surface area contributed by atoms with Gasteiger partial charge in [-0.25, -0.2) is 4.79 Å². The highest BCUT2D eigenvalue weighted by atomic mass is 16.5. The van der Waals surface area contributed by atoms with Gasteiger partial charge in [0.05, 0.1) is 13.2 Å². The minimum absolute atomic E-state index is 0.0285. The van der Waals surface area contributed by atoms with Crippen LogP contribution in [0.2, 0.25) is 0 Å². The third-order valence-electron chi connectivity index (χ3n) is 4.72. The predicted molar refractivity (Wildman–Crippen MR) is 111 cm³/mol. The van der Waals surface area contributed by atoms with Gasteiger partial charge in [0.15, 0.2) is 0 Å². The van der Waals surface area contributed by atoms with Crippen molar-refractivity contribution in [3.05, 3.63) is 54.1 Å². The van der Waals surface area contributed by atoms with Crippen LogP contribution in [0.25, 0.3) is 0 Å². The zero-order chi connectivity index (χ0) is 19.8. The van der Waals surface area contributed by atoms with Crippen molar-refractivity contribution >= 4 is 11.7 Å². The largest absolute Gasteiger partial charge is 0.494 e. The fourth-order valence-corrected chi connectivity index (χ4v) is 3.23. The van der Waals surface area contributed by atoms with Gasteiger partial charge >= 0.3 is 6.03 Å². The first kappa shape index (κ1) is 19.9. The normalized spacial score (nSPS) is 13.9. The molecule has 3 rings (SSSR count). The van der Waals surface area contributed by atoms with E-state index in [9.17, 15) is 4.79 Å². The molecule has 0 aliphatic carbocycles. The van der Waals surface area contributed by atoms with Gasteiger partial charge < -0.3 is 24.6 Å². The molecular weight excluding hydrogens is 354 g/mol. The second-order valence-corrected chi connectivity index (χ2v) is 6.80. The molecule has 28 heavy (non-hydrogen) atoms. The lowest BCUT2D eigenvalue weighted by atomic mass is 10.2. The standard InChI is InChI=1S/C22H29N3O3/c1-3-27-20-7-9-21(10-8-20)28-16-11-23-22(26)25-14-12-24(13-15-25)19-6-4-5-18(2)17-19/h4-10,17H,3,11-16H2,1-2H3,(H,23,26). The van der Waals surface area contributed by atoms with Crippen molar-refractivity contribution in [1.82, 2.24) is 10.2 Å². The van der Waals surface area contributed by atoms with Crippen LogP contribution in [-0.4, -0.2) is 56.9 Å². The molecule has 1 aliphatic rings. The molecule has 0 bridgehead atoms. The number of piperazine rings is 1. The summed E-state index contributed by atoms with van der Waals surface area (Å²) in [7, 11) is 0. The number of anilines is 1. The van der Waals surface area contributed by atoms with Crippen LogP contribution in [0.5, 0.6) is 11.5 Å². The van der Waals surface area contributed by atoms with E-state index in [-0.39, 0.29) is 6.03 Å². The molecule has 0 unspecified atom stereocenters. The summed E-state index contributed by atoms with van der Waals surface area (Å²) in [5.41, 5.74) is 2.48. The Labute approximate surface area is 167 Å². The highest BCUT2D eigenvalue weighted by Gasteiger charge is 2.21. The van der Waals surface area contributed by atoms with Crippen molar-refractivity contribution in [3.63, 3.8) is 0 Å².